The van der Waals surface area contributed by atoms with Crippen molar-refractivity contribution in [2.45, 2.75) is 37.6 Å². The molecule has 0 saturated carbocycles. The molecule has 0 radical (unpaired) electrons. The van der Waals surface area contributed by atoms with E-state index in [0.29, 0.717) is 5.69 Å². The van der Waals surface area contributed by atoms with Crippen LogP contribution in [0.4, 0.5) is 5.69 Å². The van der Waals surface area contributed by atoms with Gasteiger partial charge in [-0.1, -0.05) is 24.3 Å². The van der Waals surface area contributed by atoms with E-state index in [1.165, 1.54) is 26.2 Å². The molecule has 1 unspecified atom stereocenters. The Morgan fingerprint density at radius 2 is 1.79 bits per heavy atom. The van der Waals surface area contributed by atoms with E-state index in [4.69, 9.17) is 4.74 Å². The highest BCUT2D eigenvalue weighted by Gasteiger charge is 2.26. The van der Waals surface area contributed by atoms with Crippen molar-refractivity contribution in [2.24, 2.45) is 0 Å². The number of rotatable bonds is 8. The van der Waals surface area contributed by atoms with Gasteiger partial charge in [0.2, 0.25) is 10.0 Å². The summed E-state index contributed by atoms with van der Waals surface area (Å²) in [6.07, 6.45) is 1.98. The number of amides is 1. The number of hydrogen-bond donors (Lipinski definition) is 1. The van der Waals surface area contributed by atoms with Gasteiger partial charge in [-0.25, -0.2) is 17.5 Å². The van der Waals surface area contributed by atoms with E-state index in [-0.39, 0.29) is 16.5 Å². The Balaban J connectivity index is 1.76. The van der Waals surface area contributed by atoms with Crippen molar-refractivity contribution in [1.29, 1.82) is 0 Å². The van der Waals surface area contributed by atoms with Crippen LogP contribution in [0.25, 0.3) is 0 Å². The van der Waals surface area contributed by atoms with Gasteiger partial charge in [0.05, 0.1) is 22.2 Å². The van der Waals surface area contributed by atoms with Crippen LogP contribution in [0.5, 0.6) is 0 Å². The number of sulfonamides is 1. The molecule has 0 spiro atoms. The Bertz CT molecular complexity index is 1120. The summed E-state index contributed by atoms with van der Waals surface area (Å²) in [6, 6.07) is 12.0. The third-order valence-electron chi connectivity index (χ3n) is 5.78. The minimum Gasteiger partial charge on any atom is -0.452 e. The number of carbonyl (C=O) groups excluding carboxylic acids is 2. The second-order valence-electron chi connectivity index (χ2n) is 8.38. The maximum absolute atomic E-state index is 12.9. The Morgan fingerprint density at radius 1 is 1.12 bits per heavy atom. The molecule has 2 aromatic rings. The van der Waals surface area contributed by atoms with Crippen LogP contribution >= 0.6 is 0 Å². The fourth-order valence-corrected chi connectivity index (χ4v) is 4.85. The normalized spacial score (nSPS) is 14.9. The highest BCUT2D eigenvalue weighted by atomic mass is 32.2. The molecule has 0 aromatic heterocycles. The second kappa shape index (κ2) is 10.4. The molecule has 1 aliphatic heterocycles. The molecule has 1 aliphatic rings. The van der Waals surface area contributed by atoms with Gasteiger partial charge in [-0.15, -0.1) is 0 Å². The largest absolute Gasteiger partial charge is 0.452 e. The van der Waals surface area contributed by atoms with E-state index in [9.17, 15) is 18.0 Å². The maximum Gasteiger partial charge on any atom is 0.340 e. The number of nitrogens with zero attached hydrogens (tertiary/aromatic N) is 2. The van der Waals surface area contributed by atoms with Crippen LogP contribution in [-0.4, -0.2) is 58.4 Å². The van der Waals surface area contributed by atoms with E-state index in [0.717, 1.165) is 41.4 Å². The number of carbonyl (C=O) groups is 2. The molecule has 0 aliphatic carbocycles. The first-order valence-corrected chi connectivity index (χ1v) is 12.4. The summed E-state index contributed by atoms with van der Waals surface area (Å²) in [5.41, 5.74) is 2.79. The molecular weight excluding hydrogens is 442 g/mol. The van der Waals surface area contributed by atoms with Crippen molar-refractivity contribution in [3.05, 3.63) is 59.2 Å². The minimum absolute atomic E-state index is 0.0000218. The number of hydrogen-bond acceptors (Lipinski definition) is 6. The summed E-state index contributed by atoms with van der Waals surface area (Å²) in [5, 5.41) is 2.83. The van der Waals surface area contributed by atoms with Gasteiger partial charge in [-0.3, -0.25) is 4.79 Å². The Morgan fingerprint density at radius 3 is 2.42 bits per heavy atom. The Labute approximate surface area is 195 Å². The summed E-state index contributed by atoms with van der Waals surface area (Å²) in [5.74, 6) is -1.16. The molecule has 8 nitrogen and oxygen atoms in total. The standard InChI is InChI=1S/C24H31N3O5S/c1-17-9-5-6-10-20(17)18(2)25-23(28)16-32-24(29)21-15-19(33(30,31)26(3)4)11-12-22(21)27-13-7-8-14-27/h5-6,9-12,15,18H,7-8,13-14,16H2,1-4H3,(H,25,28). The topological polar surface area (TPSA) is 96.0 Å². The molecule has 2 aromatic carbocycles. The first-order chi connectivity index (χ1) is 15.6. The zero-order chi connectivity index (χ0) is 24.2. The van der Waals surface area contributed by atoms with Crippen LogP contribution in [0.1, 0.15) is 47.3 Å². The average molecular weight is 474 g/mol. The van der Waals surface area contributed by atoms with Crippen molar-refractivity contribution in [3.8, 4) is 0 Å². The van der Waals surface area contributed by atoms with Crippen LogP contribution in [0.2, 0.25) is 0 Å². The van der Waals surface area contributed by atoms with Crippen molar-refractivity contribution in [2.75, 3.05) is 38.7 Å². The fraction of sp³-hybridized carbons (Fsp3) is 0.417. The molecule has 33 heavy (non-hydrogen) atoms. The van der Waals surface area contributed by atoms with Crippen molar-refractivity contribution < 1.29 is 22.7 Å². The summed E-state index contributed by atoms with van der Waals surface area (Å²) in [6.45, 7) is 4.91. The van der Waals surface area contributed by atoms with E-state index in [1.807, 2.05) is 43.0 Å². The number of benzene rings is 2. The average Bonchev–Trinajstić information content (AvgIpc) is 3.32. The van der Waals surface area contributed by atoms with Crippen molar-refractivity contribution in [3.63, 3.8) is 0 Å². The summed E-state index contributed by atoms with van der Waals surface area (Å²) >= 11 is 0. The van der Waals surface area contributed by atoms with Gasteiger partial charge in [-0.2, -0.15) is 0 Å². The van der Waals surface area contributed by atoms with Crippen molar-refractivity contribution >= 4 is 27.6 Å². The minimum atomic E-state index is -3.73. The molecule has 1 amide bonds. The third kappa shape index (κ3) is 5.72. The smallest absolute Gasteiger partial charge is 0.340 e. The van der Waals surface area contributed by atoms with E-state index >= 15 is 0 Å². The number of anilines is 1. The molecule has 9 heteroatoms. The second-order valence-corrected chi connectivity index (χ2v) is 10.5. The van der Waals surface area contributed by atoms with Crippen LogP contribution in [0.3, 0.4) is 0 Å². The number of aryl methyl sites for hydroxylation is 1. The number of nitrogens with one attached hydrogen (secondary N) is 1. The lowest BCUT2D eigenvalue weighted by molar-refractivity contribution is -0.124. The zero-order valence-electron chi connectivity index (χ0n) is 19.5. The molecule has 1 heterocycles. The first-order valence-electron chi connectivity index (χ1n) is 10.9. The summed E-state index contributed by atoms with van der Waals surface area (Å²) in [4.78, 5) is 27.4. The lowest BCUT2D eigenvalue weighted by Crippen LogP contribution is -2.32. The van der Waals surface area contributed by atoms with Gasteiger partial charge < -0.3 is 15.0 Å². The van der Waals surface area contributed by atoms with Crippen LogP contribution in [0, 0.1) is 6.92 Å². The van der Waals surface area contributed by atoms with Gasteiger partial charge in [-0.05, 0) is 56.0 Å². The van der Waals surface area contributed by atoms with E-state index < -0.39 is 28.5 Å². The first kappa shape index (κ1) is 24.7. The zero-order valence-corrected chi connectivity index (χ0v) is 20.3. The summed E-state index contributed by atoms with van der Waals surface area (Å²) in [7, 11) is -0.863. The van der Waals surface area contributed by atoms with Gasteiger partial charge in [0.25, 0.3) is 5.91 Å². The number of ether oxygens (including phenoxy) is 1. The molecule has 1 atom stereocenters. The quantitative estimate of drug-likeness (QED) is 0.593. The predicted molar refractivity (Wildman–Crippen MR) is 127 cm³/mol. The van der Waals surface area contributed by atoms with Crippen LogP contribution < -0.4 is 10.2 Å². The van der Waals surface area contributed by atoms with Crippen molar-refractivity contribution in [1.82, 2.24) is 9.62 Å². The van der Waals surface area contributed by atoms with E-state index in [1.54, 1.807) is 6.07 Å². The lowest BCUT2D eigenvalue weighted by atomic mass is 10.0. The molecule has 1 saturated heterocycles. The highest BCUT2D eigenvalue weighted by molar-refractivity contribution is 7.89. The number of esters is 1. The maximum atomic E-state index is 12.9. The van der Waals surface area contributed by atoms with Gasteiger partial charge >= 0.3 is 5.97 Å². The molecular formula is C24H31N3O5S. The summed E-state index contributed by atoms with van der Waals surface area (Å²) < 4.78 is 31.6. The lowest BCUT2D eigenvalue weighted by Gasteiger charge is -2.22. The van der Waals surface area contributed by atoms with E-state index in [2.05, 4.69) is 5.32 Å². The monoisotopic (exact) mass is 473 g/mol. The predicted octanol–water partition coefficient (Wildman–Crippen LogP) is 2.88. The highest BCUT2D eigenvalue weighted by Crippen LogP contribution is 2.28. The molecule has 178 valence electrons. The molecule has 1 N–H and O–H groups in total. The molecule has 0 bridgehead atoms. The molecule has 1 fully saturated rings. The van der Waals surface area contributed by atoms with Crippen LogP contribution in [0.15, 0.2) is 47.4 Å². The fourth-order valence-electron chi connectivity index (χ4n) is 3.93. The Hall–Kier alpha value is -2.91. The van der Waals surface area contributed by atoms with Crippen LogP contribution in [-0.2, 0) is 19.6 Å². The van der Waals surface area contributed by atoms with Gasteiger partial charge in [0, 0.05) is 27.2 Å². The molecule has 3 rings (SSSR count). The SMILES string of the molecule is Cc1ccccc1C(C)NC(=O)COC(=O)c1cc(S(=O)(=O)N(C)C)ccc1N1CCCC1. The van der Waals surface area contributed by atoms with Gasteiger partial charge in [0.15, 0.2) is 6.61 Å². The third-order valence-corrected chi connectivity index (χ3v) is 7.59. The van der Waals surface area contributed by atoms with Gasteiger partial charge in [0.1, 0.15) is 0 Å². The Kier molecular flexibility index (Phi) is 7.76.